The molecule has 140 valence electrons. The molecule has 3 rings (SSSR count). The van der Waals surface area contributed by atoms with Crippen LogP contribution >= 0.6 is 0 Å². The Kier molecular flexibility index (Phi) is 4.79. The van der Waals surface area contributed by atoms with E-state index in [0.29, 0.717) is 23.4 Å². The van der Waals surface area contributed by atoms with Gasteiger partial charge in [0.25, 0.3) is 5.91 Å². The Bertz CT molecular complexity index is 812. The molecule has 0 saturated carbocycles. The average molecular weight is 367 g/mol. The van der Waals surface area contributed by atoms with Gasteiger partial charge in [0, 0.05) is 30.4 Å². The number of carbonyl (C=O) groups excluding carboxylic acids is 1. The van der Waals surface area contributed by atoms with Crippen molar-refractivity contribution in [3.05, 3.63) is 41.2 Å². The van der Waals surface area contributed by atoms with Crippen LogP contribution < -0.4 is 0 Å². The van der Waals surface area contributed by atoms with Crippen molar-refractivity contribution in [2.45, 2.75) is 32.0 Å². The number of aliphatic hydroxyl groups is 1. The molecule has 1 aliphatic heterocycles. The Balaban J connectivity index is 1.93. The highest BCUT2D eigenvalue weighted by molar-refractivity contribution is 5.95. The molecule has 1 aromatic carbocycles. The minimum Gasteiger partial charge on any atom is -0.394 e. The largest absolute Gasteiger partial charge is 0.435 e. The van der Waals surface area contributed by atoms with E-state index in [0.717, 1.165) is 12.8 Å². The first-order valence-corrected chi connectivity index (χ1v) is 8.37. The van der Waals surface area contributed by atoms with Crippen LogP contribution in [0, 0.1) is 6.92 Å². The van der Waals surface area contributed by atoms with Crippen LogP contribution in [0.3, 0.4) is 0 Å². The zero-order valence-corrected chi connectivity index (χ0v) is 14.5. The number of likely N-dealkylation sites (tertiary alicyclic amines) is 1. The minimum absolute atomic E-state index is 0.0217. The number of alkyl halides is 3. The van der Waals surface area contributed by atoms with E-state index < -0.39 is 11.9 Å². The summed E-state index contributed by atoms with van der Waals surface area (Å²) in [5.41, 5.74) is 0.241. The number of halogens is 3. The van der Waals surface area contributed by atoms with E-state index in [1.807, 2.05) is 0 Å². The third-order valence-electron chi connectivity index (χ3n) is 4.87. The Labute approximate surface area is 149 Å². The molecular formula is C18H20F3N3O2. The van der Waals surface area contributed by atoms with Crippen LogP contribution in [0.5, 0.6) is 0 Å². The van der Waals surface area contributed by atoms with Crippen molar-refractivity contribution < 1.29 is 23.1 Å². The molecule has 8 heteroatoms. The molecule has 0 unspecified atom stereocenters. The first-order valence-electron chi connectivity index (χ1n) is 8.37. The fourth-order valence-corrected chi connectivity index (χ4v) is 3.39. The molecular weight excluding hydrogens is 347 g/mol. The predicted molar refractivity (Wildman–Crippen MR) is 89.5 cm³/mol. The fraction of sp³-hybridized carbons (Fsp3) is 0.444. The van der Waals surface area contributed by atoms with Gasteiger partial charge < -0.3 is 10.0 Å². The van der Waals surface area contributed by atoms with E-state index in [-0.39, 0.29) is 24.1 Å². The van der Waals surface area contributed by atoms with Gasteiger partial charge in [-0.25, -0.2) is 0 Å². The third kappa shape index (κ3) is 3.21. The Morgan fingerprint density at radius 1 is 1.31 bits per heavy atom. The zero-order valence-electron chi connectivity index (χ0n) is 14.5. The number of aryl methyl sites for hydroxylation is 1. The van der Waals surface area contributed by atoms with Crippen LogP contribution in [0.15, 0.2) is 24.3 Å². The van der Waals surface area contributed by atoms with Crippen LogP contribution in [-0.2, 0) is 13.2 Å². The molecule has 2 aromatic rings. The highest BCUT2D eigenvalue weighted by Gasteiger charge is 2.38. The standard InChI is InChI=1S/C18H20F3N3O2/c1-11-15(16(18(19,20)21)22-23(11)2)12-5-7-13(8-6-12)17(26)24-9-3-4-14(24)10-25/h5-8,14,25H,3-4,9-10H2,1-2H3/t14-/m0/s1. The molecule has 0 spiro atoms. The summed E-state index contributed by atoms with van der Waals surface area (Å²) in [5, 5.41) is 12.9. The molecule has 0 radical (unpaired) electrons. The van der Waals surface area contributed by atoms with Gasteiger partial charge in [0.15, 0.2) is 5.69 Å². The van der Waals surface area contributed by atoms with Crippen molar-refractivity contribution in [2.24, 2.45) is 7.05 Å². The van der Waals surface area contributed by atoms with Crippen LogP contribution in [0.1, 0.15) is 34.6 Å². The van der Waals surface area contributed by atoms with Gasteiger partial charge in [-0.3, -0.25) is 9.48 Å². The lowest BCUT2D eigenvalue weighted by Gasteiger charge is -2.23. The van der Waals surface area contributed by atoms with Crippen molar-refractivity contribution in [3.8, 4) is 11.1 Å². The number of rotatable bonds is 3. The second kappa shape index (κ2) is 6.75. The summed E-state index contributed by atoms with van der Waals surface area (Å²) >= 11 is 0. The molecule has 26 heavy (non-hydrogen) atoms. The van der Waals surface area contributed by atoms with Crippen molar-refractivity contribution >= 4 is 5.91 Å². The Hall–Kier alpha value is -2.35. The van der Waals surface area contributed by atoms with Crippen LogP contribution in [0.2, 0.25) is 0 Å². The summed E-state index contributed by atoms with van der Waals surface area (Å²) in [5.74, 6) is -0.216. The molecule has 1 amide bonds. The first-order chi connectivity index (χ1) is 12.2. The number of carbonyl (C=O) groups is 1. The predicted octanol–water partition coefficient (Wildman–Crippen LogP) is 3.01. The second-order valence-electron chi connectivity index (χ2n) is 6.48. The SMILES string of the molecule is Cc1c(-c2ccc(C(=O)N3CCC[C@H]3CO)cc2)c(C(F)(F)F)nn1C. The number of amides is 1. The second-order valence-corrected chi connectivity index (χ2v) is 6.48. The smallest absolute Gasteiger partial charge is 0.394 e. The quantitative estimate of drug-likeness (QED) is 0.907. The van der Waals surface area contributed by atoms with Crippen LogP contribution in [0.4, 0.5) is 13.2 Å². The van der Waals surface area contributed by atoms with Gasteiger partial charge in [-0.05, 0) is 37.5 Å². The Morgan fingerprint density at radius 2 is 1.96 bits per heavy atom. The van der Waals surface area contributed by atoms with Crippen molar-refractivity contribution in [1.82, 2.24) is 14.7 Å². The molecule has 1 atom stereocenters. The zero-order chi connectivity index (χ0) is 19.1. The molecule has 0 aliphatic carbocycles. The minimum atomic E-state index is -4.56. The maximum absolute atomic E-state index is 13.3. The number of hydrogen-bond donors (Lipinski definition) is 1. The van der Waals surface area contributed by atoms with Crippen LogP contribution in [0.25, 0.3) is 11.1 Å². The van der Waals surface area contributed by atoms with E-state index in [2.05, 4.69) is 5.10 Å². The van der Waals surface area contributed by atoms with E-state index >= 15 is 0 Å². The lowest BCUT2D eigenvalue weighted by molar-refractivity contribution is -0.140. The van der Waals surface area contributed by atoms with Gasteiger partial charge in [0.1, 0.15) is 0 Å². The van der Waals surface area contributed by atoms with Crippen molar-refractivity contribution in [2.75, 3.05) is 13.2 Å². The van der Waals surface area contributed by atoms with Gasteiger partial charge in [-0.15, -0.1) is 0 Å². The molecule has 5 nitrogen and oxygen atoms in total. The lowest BCUT2D eigenvalue weighted by atomic mass is 10.0. The van der Waals surface area contributed by atoms with Crippen molar-refractivity contribution in [1.29, 1.82) is 0 Å². The summed E-state index contributed by atoms with van der Waals surface area (Å²) in [4.78, 5) is 14.2. The maximum Gasteiger partial charge on any atom is 0.435 e. The summed E-state index contributed by atoms with van der Waals surface area (Å²) in [6.07, 6.45) is -2.97. The van der Waals surface area contributed by atoms with E-state index in [9.17, 15) is 23.1 Å². The summed E-state index contributed by atoms with van der Waals surface area (Å²) in [7, 11) is 1.47. The molecule has 0 bridgehead atoms. The average Bonchev–Trinajstić information content (AvgIpc) is 3.19. The van der Waals surface area contributed by atoms with E-state index in [1.165, 1.54) is 36.0 Å². The molecule has 1 aliphatic rings. The summed E-state index contributed by atoms with van der Waals surface area (Å²) < 4.78 is 41.0. The molecule has 1 fully saturated rings. The number of hydrogen-bond acceptors (Lipinski definition) is 3. The fourth-order valence-electron chi connectivity index (χ4n) is 3.39. The van der Waals surface area contributed by atoms with Crippen LogP contribution in [-0.4, -0.2) is 44.9 Å². The number of benzene rings is 1. The summed E-state index contributed by atoms with van der Waals surface area (Å²) in [6, 6.07) is 5.88. The van der Waals surface area contributed by atoms with E-state index in [1.54, 1.807) is 11.8 Å². The number of aliphatic hydroxyl groups excluding tert-OH is 1. The monoisotopic (exact) mass is 367 g/mol. The lowest BCUT2D eigenvalue weighted by Crippen LogP contribution is -2.37. The van der Waals surface area contributed by atoms with Gasteiger partial charge >= 0.3 is 6.18 Å². The maximum atomic E-state index is 13.3. The molecule has 1 saturated heterocycles. The third-order valence-corrected chi connectivity index (χ3v) is 4.87. The van der Waals surface area contributed by atoms with Gasteiger partial charge in [0.05, 0.1) is 12.6 Å². The highest BCUT2D eigenvalue weighted by Crippen LogP contribution is 2.38. The van der Waals surface area contributed by atoms with E-state index in [4.69, 9.17) is 0 Å². The van der Waals surface area contributed by atoms with Gasteiger partial charge in [0.2, 0.25) is 0 Å². The first kappa shape index (κ1) is 18.4. The number of aromatic nitrogens is 2. The Morgan fingerprint density at radius 3 is 2.54 bits per heavy atom. The molecule has 1 N–H and O–H groups in total. The molecule has 1 aromatic heterocycles. The number of nitrogens with zero attached hydrogens (tertiary/aromatic N) is 3. The highest BCUT2D eigenvalue weighted by atomic mass is 19.4. The summed E-state index contributed by atoms with van der Waals surface area (Å²) in [6.45, 7) is 2.06. The van der Waals surface area contributed by atoms with Crippen molar-refractivity contribution in [3.63, 3.8) is 0 Å². The van der Waals surface area contributed by atoms with Gasteiger partial charge in [-0.1, -0.05) is 12.1 Å². The normalized spacial score (nSPS) is 17.8. The topological polar surface area (TPSA) is 58.4 Å². The van der Waals surface area contributed by atoms with Gasteiger partial charge in [-0.2, -0.15) is 18.3 Å². The molecule has 2 heterocycles.